The van der Waals surface area contributed by atoms with Crippen molar-refractivity contribution in [2.45, 2.75) is 44.4 Å². The first-order chi connectivity index (χ1) is 12.3. The third-order valence-corrected chi connectivity index (χ3v) is 6.53. The van der Waals surface area contributed by atoms with E-state index in [2.05, 4.69) is 24.0 Å². The minimum absolute atomic E-state index is 0.173. The van der Waals surface area contributed by atoms with Crippen LogP contribution in [0.25, 0.3) is 0 Å². The second-order valence-corrected chi connectivity index (χ2v) is 9.13. The summed E-state index contributed by atoms with van der Waals surface area (Å²) in [6.45, 7) is 10.0. The van der Waals surface area contributed by atoms with Gasteiger partial charge in [0.1, 0.15) is 0 Å². The molecule has 1 fully saturated rings. The van der Waals surface area contributed by atoms with E-state index in [0.29, 0.717) is 48.9 Å². The lowest BCUT2D eigenvalue weighted by atomic mass is 10.0. The van der Waals surface area contributed by atoms with Gasteiger partial charge >= 0.3 is 6.01 Å². The summed E-state index contributed by atoms with van der Waals surface area (Å²) in [5.74, 6) is 1.15. The van der Waals surface area contributed by atoms with E-state index in [0.717, 1.165) is 5.56 Å². The van der Waals surface area contributed by atoms with Crippen LogP contribution in [0.4, 0.5) is 6.01 Å². The molecule has 0 bridgehead atoms. The quantitative estimate of drug-likeness (QED) is 0.796. The number of aromatic nitrogens is 2. The molecule has 8 heteroatoms. The molecule has 142 valence electrons. The summed E-state index contributed by atoms with van der Waals surface area (Å²) in [6.07, 6.45) is 0. The van der Waals surface area contributed by atoms with Crippen molar-refractivity contribution in [2.75, 3.05) is 31.1 Å². The topological polar surface area (TPSA) is 79.5 Å². The Bertz CT molecular complexity index is 836. The van der Waals surface area contributed by atoms with Crippen molar-refractivity contribution in [3.05, 3.63) is 35.7 Å². The van der Waals surface area contributed by atoms with Crippen LogP contribution in [0.2, 0.25) is 0 Å². The second kappa shape index (κ2) is 7.36. The van der Waals surface area contributed by atoms with Crippen molar-refractivity contribution in [2.24, 2.45) is 0 Å². The van der Waals surface area contributed by atoms with Gasteiger partial charge in [0, 0.05) is 32.1 Å². The van der Waals surface area contributed by atoms with Crippen LogP contribution in [0.3, 0.4) is 0 Å². The minimum Gasteiger partial charge on any atom is -0.408 e. The number of piperazine rings is 1. The van der Waals surface area contributed by atoms with E-state index in [1.54, 1.807) is 12.1 Å². The molecule has 2 heterocycles. The number of nitrogens with zero attached hydrogens (tertiary/aromatic N) is 4. The van der Waals surface area contributed by atoms with Crippen LogP contribution in [0.5, 0.6) is 0 Å². The molecule has 0 spiro atoms. The van der Waals surface area contributed by atoms with E-state index in [1.807, 2.05) is 30.9 Å². The molecule has 1 aromatic heterocycles. The smallest absolute Gasteiger partial charge is 0.318 e. The minimum atomic E-state index is -3.48. The molecule has 0 N–H and O–H groups in total. The molecule has 0 amide bonds. The zero-order chi connectivity index (χ0) is 18.9. The summed E-state index contributed by atoms with van der Waals surface area (Å²) in [5.41, 5.74) is 1.13. The number of hydrogen-bond donors (Lipinski definition) is 0. The number of benzene rings is 1. The summed E-state index contributed by atoms with van der Waals surface area (Å²) >= 11 is 0. The summed E-state index contributed by atoms with van der Waals surface area (Å²) < 4.78 is 32.9. The summed E-state index contributed by atoms with van der Waals surface area (Å²) in [7, 11) is -3.48. The van der Waals surface area contributed by atoms with E-state index < -0.39 is 10.0 Å². The van der Waals surface area contributed by atoms with Crippen LogP contribution in [-0.2, 0) is 10.0 Å². The Kier molecular flexibility index (Phi) is 5.34. The van der Waals surface area contributed by atoms with Gasteiger partial charge in [-0.2, -0.15) is 4.31 Å². The first-order valence-corrected chi connectivity index (χ1v) is 10.4. The van der Waals surface area contributed by atoms with Crippen molar-refractivity contribution in [1.82, 2.24) is 14.5 Å². The molecule has 0 aliphatic carbocycles. The first-order valence-electron chi connectivity index (χ1n) is 8.97. The maximum atomic E-state index is 12.9. The molecule has 2 aromatic rings. The molecule has 1 saturated heterocycles. The van der Waals surface area contributed by atoms with Gasteiger partial charge in [0.05, 0.1) is 4.90 Å². The van der Waals surface area contributed by atoms with Gasteiger partial charge in [-0.05, 0) is 23.6 Å². The highest BCUT2D eigenvalue weighted by atomic mass is 32.2. The van der Waals surface area contributed by atoms with E-state index in [9.17, 15) is 8.42 Å². The number of sulfonamides is 1. The van der Waals surface area contributed by atoms with Crippen molar-refractivity contribution in [3.63, 3.8) is 0 Å². The Balaban J connectivity index is 1.68. The Morgan fingerprint density at radius 1 is 0.923 bits per heavy atom. The monoisotopic (exact) mass is 378 g/mol. The van der Waals surface area contributed by atoms with Gasteiger partial charge in [-0.25, -0.2) is 8.42 Å². The van der Waals surface area contributed by atoms with Gasteiger partial charge in [0.15, 0.2) is 0 Å². The van der Waals surface area contributed by atoms with Gasteiger partial charge in [0.25, 0.3) is 0 Å². The molecule has 0 atom stereocenters. The molecular weight excluding hydrogens is 352 g/mol. The lowest BCUT2D eigenvalue weighted by Crippen LogP contribution is -2.48. The van der Waals surface area contributed by atoms with Crippen LogP contribution >= 0.6 is 0 Å². The Morgan fingerprint density at radius 3 is 2.04 bits per heavy atom. The van der Waals surface area contributed by atoms with Gasteiger partial charge in [-0.15, -0.1) is 5.10 Å². The molecular formula is C18H26N4O3S. The highest BCUT2D eigenvalue weighted by Crippen LogP contribution is 2.23. The molecule has 0 unspecified atom stereocenters. The van der Waals surface area contributed by atoms with Crippen LogP contribution in [-0.4, -0.2) is 49.1 Å². The van der Waals surface area contributed by atoms with Crippen LogP contribution in [0.15, 0.2) is 33.6 Å². The summed E-state index contributed by atoms with van der Waals surface area (Å²) in [4.78, 5) is 2.28. The fraction of sp³-hybridized carbons (Fsp3) is 0.556. The molecule has 1 aliphatic heterocycles. The second-order valence-electron chi connectivity index (χ2n) is 7.19. The van der Waals surface area contributed by atoms with Crippen molar-refractivity contribution < 1.29 is 12.8 Å². The predicted molar refractivity (Wildman–Crippen MR) is 99.9 cm³/mol. The van der Waals surface area contributed by atoms with Gasteiger partial charge in [-0.1, -0.05) is 44.9 Å². The molecule has 3 rings (SSSR count). The number of rotatable bonds is 5. The Morgan fingerprint density at radius 2 is 1.54 bits per heavy atom. The molecule has 1 aliphatic rings. The predicted octanol–water partition coefficient (Wildman–Crippen LogP) is 2.83. The first kappa shape index (κ1) is 18.8. The lowest BCUT2D eigenvalue weighted by Gasteiger charge is -2.32. The van der Waals surface area contributed by atoms with Gasteiger partial charge < -0.3 is 9.32 Å². The Labute approximate surface area is 155 Å². The van der Waals surface area contributed by atoms with Gasteiger partial charge in [-0.3, -0.25) is 0 Å². The van der Waals surface area contributed by atoms with Crippen LogP contribution < -0.4 is 4.90 Å². The fourth-order valence-corrected chi connectivity index (χ4v) is 4.30. The normalized spacial score (nSPS) is 16.6. The maximum absolute atomic E-state index is 12.9. The maximum Gasteiger partial charge on any atom is 0.318 e. The van der Waals surface area contributed by atoms with E-state index in [4.69, 9.17) is 4.42 Å². The highest BCUT2D eigenvalue weighted by Gasteiger charge is 2.30. The SMILES string of the molecule is CC(C)c1ccc(S(=O)(=O)N2CCN(c3nnc(C(C)C)o3)CC2)cc1. The third-order valence-electron chi connectivity index (χ3n) is 4.62. The average molecular weight is 378 g/mol. The average Bonchev–Trinajstić information content (AvgIpc) is 3.12. The molecule has 1 aromatic carbocycles. The number of hydrogen-bond acceptors (Lipinski definition) is 6. The molecule has 0 radical (unpaired) electrons. The molecule has 7 nitrogen and oxygen atoms in total. The number of anilines is 1. The third kappa shape index (κ3) is 3.76. The van der Waals surface area contributed by atoms with E-state index in [-0.39, 0.29) is 5.92 Å². The van der Waals surface area contributed by atoms with Gasteiger partial charge in [0.2, 0.25) is 15.9 Å². The summed E-state index contributed by atoms with van der Waals surface area (Å²) in [5, 5.41) is 8.11. The Hall–Kier alpha value is -1.93. The van der Waals surface area contributed by atoms with Crippen molar-refractivity contribution >= 4 is 16.0 Å². The van der Waals surface area contributed by atoms with E-state index in [1.165, 1.54) is 4.31 Å². The van der Waals surface area contributed by atoms with E-state index >= 15 is 0 Å². The van der Waals surface area contributed by atoms with Crippen molar-refractivity contribution in [3.8, 4) is 0 Å². The largest absolute Gasteiger partial charge is 0.408 e. The molecule has 26 heavy (non-hydrogen) atoms. The van der Waals surface area contributed by atoms with Crippen molar-refractivity contribution in [1.29, 1.82) is 0 Å². The summed E-state index contributed by atoms with van der Waals surface area (Å²) in [6, 6.07) is 7.64. The fourth-order valence-electron chi connectivity index (χ4n) is 2.88. The standard InChI is InChI=1S/C18H26N4O3S/c1-13(2)15-5-7-16(8-6-15)26(23,24)22-11-9-21(10-12-22)18-20-19-17(25-18)14(3)4/h5-8,13-14H,9-12H2,1-4H3. The zero-order valence-electron chi connectivity index (χ0n) is 15.7. The van der Waals surface area contributed by atoms with Crippen LogP contribution in [0.1, 0.15) is 51.0 Å². The zero-order valence-corrected chi connectivity index (χ0v) is 16.5. The molecule has 0 saturated carbocycles. The van der Waals surface area contributed by atoms with Crippen LogP contribution in [0, 0.1) is 0 Å². The highest BCUT2D eigenvalue weighted by molar-refractivity contribution is 7.89. The lowest BCUT2D eigenvalue weighted by molar-refractivity contribution is 0.367.